The fourth-order valence-corrected chi connectivity index (χ4v) is 7.23. The summed E-state index contributed by atoms with van der Waals surface area (Å²) in [5, 5.41) is 5.31. The number of fused-ring (bicyclic) bond motifs is 2. The number of hydrogen-bond donors (Lipinski definition) is 1. The number of nitrogens with zero attached hydrogens (tertiary/aromatic N) is 2. The van der Waals surface area contributed by atoms with E-state index < -0.39 is 0 Å². The third-order valence-corrected chi connectivity index (χ3v) is 9.19. The summed E-state index contributed by atoms with van der Waals surface area (Å²) in [5.41, 5.74) is 4.23. The lowest BCUT2D eigenvalue weighted by Gasteiger charge is -2.40. The highest BCUT2D eigenvalue weighted by molar-refractivity contribution is 7.13. The predicted octanol–water partition coefficient (Wildman–Crippen LogP) is 6.44. The zero-order valence-electron chi connectivity index (χ0n) is 20.3. The lowest BCUT2D eigenvalue weighted by molar-refractivity contribution is 0.102. The average molecular weight is 488 g/mol. The quantitative estimate of drug-likeness (QED) is 0.435. The number of carbonyl (C=O) groups is 1. The Morgan fingerprint density at radius 2 is 1.83 bits per heavy atom. The normalized spacial score (nSPS) is 24.5. The Morgan fingerprint density at radius 1 is 1.03 bits per heavy atom. The molecule has 1 amide bonds. The van der Waals surface area contributed by atoms with E-state index in [1.165, 1.54) is 74.1 Å². The van der Waals surface area contributed by atoms with Gasteiger partial charge in [0.05, 0.1) is 7.11 Å². The molecule has 3 aromatic rings. The molecule has 0 spiro atoms. The fraction of sp³-hybridized carbons (Fsp3) is 0.448. The first kappa shape index (κ1) is 22.7. The van der Waals surface area contributed by atoms with E-state index in [0.717, 1.165) is 29.2 Å². The first-order valence-electron chi connectivity index (χ1n) is 12.9. The van der Waals surface area contributed by atoms with Crippen molar-refractivity contribution in [2.75, 3.05) is 25.5 Å². The number of methoxy groups -OCH3 is 1. The summed E-state index contributed by atoms with van der Waals surface area (Å²) in [4.78, 5) is 19.4. The van der Waals surface area contributed by atoms with Gasteiger partial charge in [-0.15, -0.1) is 11.3 Å². The van der Waals surface area contributed by atoms with Crippen LogP contribution < -0.4 is 10.1 Å². The molecule has 3 atom stereocenters. The Morgan fingerprint density at radius 3 is 2.49 bits per heavy atom. The van der Waals surface area contributed by atoms with Crippen LogP contribution in [-0.2, 0) is 0 Å². The molecule has 1 aromatic heterocycles. The summed E-state index contributed by atoms with van der Waals surface area (Å²) in [5.74, 6) is 3.35. The predicted molar refractivity (Wildman–Crippen MR) is 141 cm³/mol. The van der Waals surface area contributed by atoms with Crippen LogP contribution in [-0.4, -0.2) is 42.0 Å². The highest BCUT2D eigenvalue weighted by atomic mass is 32.1. The standard InChI is InChI=1S/C29H33N3O2S/c1-34-27-9-8-23(20-4-6-22(7-5-20)28(33)31-29-30-12-15-35-29)18-25(27)21-10-13-32(14-11-21)26-17-19-2-3-24(26)16-19/h4-9,12,15,18-19,21,24,26H,2-3,10-11,13-14,16-17H2,1H3,(H,30,31,33)/t19-,24?,26?/m0/s1. The number of rotatable bonds is 6. The number of ether oxygens (including phenoxy) is 1. The van der Waals surface area contributed by atoms with Crippen molar-refractivity contribution in [3.05, 3.63) is 65.2 Å². The number of benzene rings is 2. The molecule has 6 heteroatoms. The lowest BCUT2D eigenvalue weighted by Crippen LogP contribution is -2.43. The molecule has 1 saturated heterocycles. The van der Waals surface area contributed by atoms with E-state index in [-0.39, 0.29) is 5.91 Å². The maximum atomic E-state index is 12.5. The number of anilines is 1. The van der Waals surface area contributed by atoms with Gasteiger partial charge in [0.2, 0.25) is 0 Å². The van der Waals surface area contributed by atoms with Gasteiger partial charge in [0.1, 0.15) is 5.75 Å². The molecule has 2 heterocycles. The minimum absolute atomic E-state index is 0.135. The second-order valence-electron chi connectivity index (χ2n) is 10.4. The molecule has 3 fully saturated rings. The van der Waals surface area contributed by atoms with Gasteiger partial charge < -0.3 is 9.64 Å². The number of carbonyl (C=O) groups excluding carboxylic acids is 1. The number of thiazole rings is 1. The second-order valence-corrected chi connectivity index (χ2v) is 11.3. The third kappa shape index (κ3) is 4.62. The van der Waals surface area contributed by atoms with E-state index in [4.69, 9.17) is 4.74 Å². The van der Waals surface area contributed by atoms with E-state index in [0.29, 0.717) is 16.6 Å². The molecule has 1 N–H and O–H groups in total. The molecule has 2 saturated carbocycles. The summed E-state index contributed by atoms with van der Waals surface area (Å²) in [6.45, 7) is 2.41. The minimum Gasteiger partial charge on any atom is -0.496 e. The van der Waals surface area contributed by atoms with Crippen molar-refractivity contribution in [3.63, 3.8) is 0 Å². The molecule has 35 heavy (non-hydrogen) atoms. The van der Waals surface area contributed by atoms with Gasteiger partial charge in [-0.2, -0.15) is 0 Å². The number of amides is 1. The molecule has 2 aromatic carbocycles. The highest BCUT2D eigenvalue weighted by Gasteiger charge is 2.43. The monoisotopic (exact) mass is 487 g/mol. The van der Waals surface area contributed by atoms with E-state index in [9.17, 15) is 4.79 Å². The maximum absolute atomic E-state index is 12.5. The number of likely N-dealkylation sites (tertiary alicyclic amines) is 1. The Labute approximate surface area is 211 Å². The van der Waals surface area contributed by atoms with Crippen molar-refractivity contribution in [2.45, 2.75) is 50.5 Å². The zero-order chi connectivity index (χ0) is 23.8. The Balaban J connectivity index is 1.15. The van der Waals surface area contributed by atoms with Crippen LogP contribution in [0.1, 0.15) is 60.4 Å². The number of piperidine rings is 1. The molecule has 6 rings (SSSR count). The van der Waals surface area contributed by atoms with E-state index in [2.05, 4.69) is 33.4 Å². The summed E-state index contributed by atoms with van der Waals surface area (Å²) in [6.07, 6.45) is 9.92. The molecule has 1 aliphatic heterocycles. The second kappa shape index (κ2) is 9.75. The van der Waals surface area contributed by atoms with Crippen LogP contribution >= 0.6 is 11.3 Å². The average Bonchev–Trinajstić information content (AvgIpc) is 3.68. The van der Waals surface area contributed by atoms with Crippen molar-refractivity contribution in [1.82, 2.24) is 9.88 Å². The van der Waals surface area contributed by atoms with E-state index in [1.807, 2.05) is 29.6 Å². The molecule has 2 bridgehead atoms. The zero-order valence-corrected chi connectivity index (χ0v) is 21.1. The number of nitrogens with one attached hydrogen (secondary N) is 1. The van der Waals surface area contributed by atoms with Gasteiger partial charge >= 0.3 is 0 Å². The highest BCUT2D eigenvalue weighted by Crippen LogP contribution is 2.48. The van der Waals surface area contributed by atoms with Crippen molar-refractivity contribution in [2.24, 2.45) is 11.8 Å². The Hall–Kier alpha value is -2.70. The van der Waals surface area contributed by atoms with Gasteiger partial charge in [0.25, 0.3) is 5.91 Å². The van der Waals surface area contributed by atoms with Gasteiger partial charge in [0.15, 0.2) is 5.13 Å². The van der Waals surface area contributed by atoms with Crippen molar-refractivity contribution in [1.29, 1.82) is 0 Å². The van der Waals surface area contributed by atoms with Gasteiger partial charge in [-0.3, -0.25) is 10.1 Å². The molecule has 2 aliphatic carbocycles. The number of hydrogen-bond acceptors (Lipinski definition) is 5. The molecule has 5 nitrogen and oxygen atoms in total. The molecular formula is C29H33N3O2S. The Kier molecular flexibility index (Phi) is 6.33. The topological polar surface area (TPSA) is 54.5 Å². The van der Waals surface area contributed by atoms with Crippen molar-refractivity contribution < 1.29 is 9.53 Å². The fourth-order valence-electron chi connectivity index (χ4n) is 6.70. The first-order valence-corrected chi connectivity index (χ1v) is 13.8. The first-order chi connectivity index (χ1) is 17.2. The molecule has 0 radical (unpaired) electrons. The summed E-state index contributed by atoms with van der Waals surface area (Å²) < 4.78 is 5.79. The number of aromatic nitrogens is 1. The maximum Gasteiger partial charge on any atom is 0.257 e. The van der Waals surface area contributed by atoms with Crippen LogP contribution in [0.25, 0.3) is 11.1 Å². The van der Waals surface area contributed by atoms with Gasteiger partial charge in [-0.1, -0.05) is 24.6 Å². The van der Waals surface area contributed by atoms with Crippen LogP contribution in [0, 0.1) is 11.8 Å². The van der Waals surface area contributed by atoms with Crippen LogP contribution in [0.4, 0.5) is 5.13 Å². The van der Waals surface area contributed by atoms with E-state index in [1.54, 1.807) is 13.3 Å². The summed E-state index contributed by atoms with van der Waals surface area (Å²) >= 11 is 1.42. The smallest absolute Gasteiger partial charge is 0.257 e. The van der Waals surface area contributed by atoms with Gasteiger partial charge in [-0.05, 0) is 104 Å². The summed E-state index contributed by atoms with van der Waals surface area (Å²) in [6, 6.07) is 15.2. The van der Waals surface area contributed by atoms with E-state index >= 15 is 0 Å². The molecule has 2 unspecified atom stereocenters. The molecular weight excluding hydrogens is 454 g/mol. The Bertz CT molecular complexity index is 1170. The van der Waals surface area contributed by atoms with Gasteiger partial charge in [0, 0.05) is 23.2 Å². The third-order valence-electron chi connectivity index (χ3n) is 8.50. The lowest BCUT2D eigenvalue weighted by atomic mass is 9.85. The van der Waals surface area contributed by atoms with Gasteiger partial charge in [-0.25, -0.2) is 4.98 Å². The van der Waals surface area contributed by atoms with Crippen LogP contribution in [0.5, 0.6) is 5.75 Å². The van der Waals surface area contributed by atoms with Crippen LogP contribution in [0.3, 0.4) is 0 Å². The SMILES string of the molecule is COc1ccc(-c2ccc(C(=O)Nc3nccs3)cc2)cc1C1CCN(C2C[C@H]3CCC2C3)CC1. The van der Waals surface area contributed by atoms with Crippen LogP contribution in [0.2, 0.25) is 0 Å². The summed E-state index contributed by atoms with van der Waals surface area (Å²) in [7, 11) is 1.78. The molecule has 3 aliphatic rings. The largest absolute Gasteiger partial charge is 0.496 e. The van der Waals surface area contributed by atoms with Crippen molar-refractivity contribution >= 4 is 22.4 Å². The van der Waals surface area contributed by atoms with Crippen molar-refractivity contribution in [3.8, 4) is 16.9 Å². The minimum atomic E-state index is -0.135. The molecule has 182 valence electrons. The van der Waals surface area contributed by atoms with Crippen LogP contribution in [0.15, 0.2) is 54.0 Å².